The third-order valence-corrected chi connectivity index (χ3v) is 8.57. The van der Waals surface area contributed by atoms with Crippen LogP contribution in [0.25, 0.3) is 22.5 Å². The SMILES string of the molecule is CCn1nc(-c2ccccc2)c(C(C)=O)c(Nc2cc(C)ccc2O)c1=O.CCn1nc(-c2ccccc2)c(C(C)=O)c(Nc2ccc([N+](=O)[O-])cc2O)c1=O. The van der Waals surface area contributed by atoms with Gasteiger partial charge in [-0.15, -0.1) is 0 Å². The number of nitro benzene ring substituents is 1. The Balaban J connectivity index is 0.000000215. The van der Waals surface area contributed by atoms with Gasteiger partial charge in [-0.2, -0.15) is 10.2 Å². The average molecular weight is 758 g/mol. The minimum Gasteiger partial charge on any atom is -0.506 e. The van der Waals surface area contributed by atoms with Crippen molar-refractivity contribution in [2.24, 2.45) is 0 Å². The molecule has 0 atom stereocenters. The summed E-state index contributed by atoms with van der Waals surface area (Å²) in [5, 5.41) is 45.7. The van der Waals surface area contributed by atoms with Crippen molar-refractivity contribution in [2.75, 3.05) is 10.6 Å². The Morgan fingerprint density at radius 2 is 1.14 bits per heavy atom. The lowest BCUT2D eigenvalue weighted by Crippen LogP contribution is -2.28. The Morgan fingerprint density at radius 1 is 0.679 bits per heavy atom. The number of nitrogens with zero attached hydrogens (tertiary/aromatic N) is 5. The first-order valence-corrected chi connectivity index (χ1v) is 17.5. The van der Waals surface area contributed by atoms with E-state index in [9.17, 15) is 39.5 Å². The van der Waals surface area contributed by atoms with Crippen molar-refractivity contribution in [1.29, 1.82) is 0 Å². The smallest absolute Gasteiger partial charge is 0.291 e. The lowest BCUT2D eigenvalue weighted by molar-refractivity contribution is -0.384. The lowest BCUT2D eigenvalue weighted by Gasteiger charge is -2.17. The van der Waals surface area contributed by atoms with Gasteiger partial charge in [0.05, 0.1) is 33.5 Å². The van der Waals surface area contributed by atoms with Gasteiger partial charge in [0, 0.05) is 30.3 Å². The van der Waals surface area contributed by atoms with Gasteiger partial charge in [-0.05, 0) is 58.4 Å². The highest BCUT2D eigenvalue weighted by atomic mass is 16.6. The molecule has 4 N–H and O–H groups in total. The van der Waals surface area contributed by atoms with Gasteiger partial charge >= 0.3 is 0 Å². The number of ketones is 2. The summed E-state index contributed by atoms with van der Waals surface area (Å²) in [6.45, 7) is 8.76. The molecular weight excluding hydrogens is 718 g/mol. The molecule has 2 heterocycles. The molecule has 6 aromatic rings. The number of Topliss-reactive ketones (excluding diaryl/α,β-unsaturated/α-hetero) is 2. The second-order valence-corrected chi connectivity index (χ2v) is 12.5. The first-order valence-electron chi connectivity index (χ1n) is 17.5. The number of non-ortho nitro benzene ring substituents is 1. The number of rotatable bonds is 11. The fourth-order valence-electron chi connectivity index (χ4n) is 5.84. The molecule has 0 aliphatic rings. The molecule has 0 saturated heterocycles. The lowest BCUT2D eigenvalue weighted by atomic mass is 10.0. The Labute approximate surface area is 320 Å². The predicted octanol–water partition coefficient (Wildman–Crippen LogP) is 7.38. The van der Waals surface area contributed by atoms with Crippen LogP contribution in [0, 0.1) is 17.0 Å². The average Bonchev–Trinajstić information content (AvgIpc) is 3.18. The third kappa shape index (κ3) is 8.52. The van der Waals surface area contributed by atoms with E-state index in [1.807, 2.05) is 50.2 Å². The van der Waals surface area contributed by atoms with Crippen molar-refractivity contribution in [3.8, 4) is 34.0 Å². The van der Waals surface area contributed by atoms with Gasteiger partial charge in [0.2, 0.25) is 0 Å². The van der Waals surface area contributed by atoms with Crippen LogP contribution in [0.5, 0.6) is 11.5 Å². The van der Waals surface area contributed by atoms with E-state index in [-0.39, 0.29) is 57.7 Å². The van der Waals surface area contributed by atoms with Crippen LogP contribution in [0.3, 0.4) is 0 Å². The van der Waals surface area contributed by atoms with Crippen LogP contribution in [-0.4, -0.2) is 46.3 Å². The minimum atomic E-state index is -0.644. The van der Waals surface area contributed by atoms with E-state index in [0.717, 1.165) is 17.2 Å². The molecule has 4 aromatic carbocycles. The maximum absolute atomic E-state index is 12.9. The molecule has 0 aliphatic heterocycles. The van der Waals surface area contributed by atoms with Crippen molar-refractivity contribution >= 4 is 40.0 Å². The maximum atomic E-state index is 12.9. The van der Waals surface area contributed by atoms with E-state index in [4.69, 9.17) is 0 Å². The number of carbonyl (C=O) groups excluding carboxylic acids is 2. The molecule has 0 aliphatic carbocycles. The molecule has 15 heteroatoms. The molecule has 56 heavy (non-hydrogen) atoms. The van der Waals surface area contributed by atoms with Crippen LogP contribution < -0.4 is 21.8 Å². The molecule has 2 aromatic heterocycles. The fourth-order valence-corrected chi connectivity index (χ4v) is 5.84. The van der Waals surface area contributed by atoms with Crippen molar-refractivity contribution in [1.82, 2.24) is 19.6 Å². The van der Waals surface area contributed by atoms with Crippen LogP contribution in [-0.2, 0) is 13.1 Å². The minimum absolute atomic E-state index is 0.00405. The predicted molar refractivity (Wildman–Crippen MR) is 213 cm³/mol. The topological polar surface area (TPSA) is 212 Å². The molecule has 0 fully saturated rings. The summed E-state index contributed by atoms with van der Waals surface area (Å²) < 4.78 is 2.52. The molecule has 0 radical (unpaired) electrons. The molecule has 6 rings (SSSR count). The number of aromatic nitrogens is 4. The van der Waals surface area contributed by atoms with Gasteiger partial charge in [-0.3, -0.25) is 29.3 Å². The van der Waals surface area contributed by atoms with Gasteiger partial charge in [-0.1, -0.05) is 66.7 Å². The highest BCUT2D eigenvalue weighted by Crippen LogP contribution is 2.34. The van der Waals surface area contributed by atoms with E-state index >= 15 is 0 Å². The first-order chi connectivity index (χ1) is 26.7. The van der Waals surface area contributed by atoms with E-state index < -0.39 is 21.8 Å². The maximum Gasteiger partial charge on any atom is 0.291 e. The van der Waals surface area contributed by atoms with Crippen molar-refractivity contribution < 1.29 is 24.7 Å². The van der Waals surface area contributed by atoms with Gasteiger partial charge in [0.1, 0.15) is 34.3 Å². The summed E-state index contributed by atoms with van der Waals surface area (Å²) in [5.41, 5.74) is 2.54. The number of carbonyl (C=O) groups is 2. The second-order valence-electron chi connectivity index (χ2n) is 12.5. The molecule has 0 saturated carbocycles. The van der Waals surface area contributed by atoms with Crippen molar-refractivity contribution in [3.05, 3.63) is 145 Å². The van der Waals surface area contributed by atoms with Gasteiger partial charge in [0.25, 0.3) is 16.8 Å². The van der Waals surface area contributed by atoms with Crippen LogP contribution in [0.1, 0.15) is 54.0 Å². The van der Waals surface area contributed by atoms with E-state index in [2.05, 4.69) is 20.8 Å². The fraction of sp³-hybridized carbons (Fsp3) is 0.171. The molecule has 0 spiro atoms. The molecular formula is C41H39N7O8. The first kappa shape index (κ1) is 39.8. The Morgan fingerprint density at radius 3 is 1.55 bits per heavy atom. The number of phenolic OH excluding ortho intramolecular Hbond substituents is 2. The number of aromatic hydroxyl groups is 2. The summed E-state index contributed by atoms with van der Waals surface area (Å²) >= 11 is 0. The zero-order valence-corrected chi connectivity index (χ0v) is 31.2. The molecule has 286 valence electrons. The number of aryl methyl sites for hydroxylation is 3. The Hall–Kier alpha value is -7.42. The number of anilines is 4. The monoisotopic (exact) mass is 757 g/mol. The Kier molecular flexibility index (Phi) is 12.2. The largest absolute Gasteiger partial charge is 0.506 e. The number of hydrogen-bond donors (Lipinski definition) is 4. The van der Waals surface area contributed by atoms with Gasteiger partial charge < -0.3 is 20.8 Å². The van der Waals surface area contributed by atoms with E-state index in [1.165, 1.54) is 35.3 Å². The second kappa shape index (κ2) is 17.2. The van der Waals surface area contributed by atoms with Crippen molar-refractivity contribution in [3.63, 3.8) is 0 Å². The number of nitro groups is 1. The number of nitrogens with one attached hydrogen (secondary N) is 2. The van der Waals surface area contributed by atoms with Gasteiger partial charge in [-0.25, -0.2) is 9.36 Å². The summed E-state index contributed by atoms with van der Waals surface area (Å²) in [6, 6.07) is 26.6. The van der Waals surface area contributed by atoms with Crippen LogP contribution in [0.4, 0.5) is 28.4 Å². The number of benzene rings is 4. The van der Waals surface area contributed by atoms with Crippen LogP contribution in [0.2, 0.25) is 0 Å². The standard InChI is InChI=1S/C21H21N3O3.C20H18N4O5/c1-4-24-21(27)20(22-16-12-13(2)10-11-17(16)26)18(14(3)25)19(23-24)15-8-6-5-7-9-15;1-3-23-20(27)19(21-15-10-9-14(24(28)29)11-16(15)26)17(12(2)25)18(22-23)13-7-5-4-6-8-13/h5-12,22,26H,4H2,1-3H3;4-11,21,26H,3H2,1-2H3. The molecule has 0 bridgehead atoms. The summed E-state index contributed by atoms with van der Waals surface area (Å²) in [4.78, 5) is 61.0. The quantitative estimate of drug-likeness (QED) is 0.0441. The highest BCUT2D eigenvalue weighted by molar-refractivity contribution is 6.06. The third-order valence-electron chi connectivity index (χ3n) is 8.57. The normalized spacial score (nSPS) is 10.6. The zero-order chi connectivity index (χ0) is 40.7. The van der Waals surface area contributed by atoms with E-state index in [0.29, 0.717) is 29.2 Å². The summed E-state index contributed by atoms with van der Waals surface area (Å²) in [5.74, 6) is -1.10. The number of hydrogen-bond acceptors (Lipinski definition) is 12. The number of phenols is 2. The zero-order valence-electron chi connectivity index (χ0n) is 31.2. The summed E-state index contributed by atoms with van der Waals surface area (Å²) in [7, 11) is 0. The van der Waals surface area contributed by atoms with Crippen molar-refractivity contribution in [2.45, 2.75) is 47.7 Å². The molecule has 15 nitrogen and oxygen atoms in total. The molecule has 0 amide bonds. The Bertz CT molecular complexity index is 2570. The van der Waals surface area contributed by atoms with Crippen LogP contribution >= 0.6 is 0 Å². The molecule has 0 unspecified atom stereocenters. The van der Waals surface area contributed by atoms with E-state index in [1.54, 1.807) is 49.4 Å². The van der Waals surface area contributed by atoms with Crippen LogP contribution in [0.15, 0.2) is 107 Å². The summed E-state index contributed by atoms with van der Waals surface area (Å²) in [6.07, 6.45) is 0. The highest BCUT2D eigenvalue weighted by Gasteiger charge is 2.24. The van der Waals surface area contributed by atoms with Gasteiger partial charge in [0.15, 0.2) is 11.6 Å².